The summed E-state index contributed by atoms with van der Waals surface area (Å²) in [7, 11) is -3.97. The van der Waals surface area contributed by atoms with Crippen LogP contribution in [-0.2, 0) is 25.8 Å². The molecular weight excluding hydrogens is 519 g/mol. The van der Waals surface area contributed by atoms with Crippen molar-refractivity contribution in [1.29, 1.82) is 0 Å². The Morgan fingerprint density at radius 3 is 2.31 bits per heavy atom. The molecule has 0 saturated carbocycles. The monoisotopic (exact) mass is 544 g/mol. The number of hydrogen-bond donors (Lipinski definition) is 3. The molecule has 1 aliphatic heterocycles. The van der Waals surface area contributed by atoms with Crippen LogP contribution in [0.1, 0.15) is 34.5 Å². The molecule has 3 aromatic carbocycles. The maximum atomic E-state index is 13.6. The van der Waals surface area contributed by atoms with Crippen molar-refractivity contribution < 1.29 is 27.5 Å². The second-order valence-electron chi connectivity index (χ2n) is 9.46. The lowest BCUT2D eigenvalue weighted by atomic mass is 9.99. The zero-order valence-electron chi connectivity index (χ0n) is 21.2. The van der Waals surface area contributed by atoms with Gasteiger partial charge >= 0.3 is 5.97 Å². The minimum atomic E-state index is -3.97. The van der Waals surface area contributed by atoms with Gasteiger partial charge < -0.3 is 15.4 Å². The molecule has 5 rings (SSSR count). The van der Waals surface area contributed by atoms with E-state index in [4.69, 9.17) is 0 Å². The topological polar surface area (TPSA) is 116 Å². The number of carbonyl (C=O) groups is 2. The summed E-state index contributed by atoms with van der Waals surface area (Å²) >= 11 is 0. The highest BCUT2D eigenvalue weighted by molar-refractivity contribution is 7.91. The number of benzene rings is 3. The first-order valence-electron chi connectivity index (χ1n) is 12.2. The van der Waals surface area contributed by atoms with Gasteiger partial charge in [0.15, 0.2) is 0 Å². The highest BCUT2D eigenvalue weighted by atomic mass is 32.2. The predicted octanol–water partition coefficient (Wildman–Crippen LogP) is 5.78. The van der Waals surface area contributed by atoms with Gasteiger partial charge in [0.25, 0.3) is 5.91 Å². The molecule has 0 fully saturated rings. The summed E-state index contributed by atoms with van der Waals surface area (Å²) in [4.78, 5) is 27.6. The Kier molecular flexibility index (Phi) is 6.69. The van der Waals surface area contributed by atoms with Gasteiger partial charge in [0.05, 0.1) is 15.4 Å². The number of nitrogens with one attached hydrogen (secondary N) is 2. The summed E-state index contributed by atoms with van der Waals surface area (Å²) in [6.45, 7) is 3.47. The lowest BCUT2D eigenvalue weighted by Gasteiger charge is -2.09. The zero-order valence-corrected chi connectivity index (χ0v) is 22.0. The molecule has 1 aromatic heterocycles. The Hall–Kier alpha value is -4.50. The van der Waals surface area contributed by atoms with Gasteiger partial charge in [-0.3, -0.25) is 9.59 Å². The molecule has 1 aliphatic rings. The van der Waals surface area contributed by atoms with Gasteiger partial charge in [-0.15, -0.1) is 0 Å². The Bertz CT molecular complexity index is 1750. The number of aryl methyl sites for hydroxylation is 2. The normalized spacial score (nSPS) is 13.9. The zero-order chi connectivity index (χ0) is 27.9. The van der Waals surface area contributed by atoms with E-state index in [9.17, 15) is 27.5 Å². The van der Waals surface area contributed by atoms with Crippen molar-refractivity contribution in [3.05, 3.63) is 101 Å². The first-order chi connectivity index (χ1) is 18.5. The van der Waals surface area contributed by atoms with Crippen LogP contribution in [0.2, 0.25) is 0 Å². The van der Waals surface area contributed by atoms with Gasteiger partial charge in [-0.25, -0.2) is 12.8 Å². The highest BCUT2D eigenvalue weighted by Crippen LogP contribution is 2.38. The molecule has 39 heavy (non-hydrogen) atoms. The fourth-order valence-corrected chi connectivity index (χ4v) is 6.51. The molecule has 9 heteroatoms. The van der Waals surface area contributed by atoms with E-state index in [-0.39, 0.29) is 34.4 Å². The van der Waals surface area contributed by atoms with E-state index in [1.165, 1.54) is 24.3 Å². The number of aromatic nitrogens is 1. The van der Waals surface area contributed by atoms with Crippen molar-refractivity contribution in [2.45, 2.75) is 36.5 Å². The summed E-state index contributed by atoms with van der Waals surface area (Å²) in [5.41, 5.74) is 5.01. The SMILES string of the molecule is Cc1ccc(S(=O)(=O)c2c(C)[nH]c(C=C3C(=O)Nc4cc(-c5ccc(F)cc5)ccc43)c2CCC(=O)O)cc1. The Morgan fingerprint density at radius 1 is 0.974 bits per heavy atom. The molecule has 0 spiro atoms. The van der Waals surface area contributed by atoms with E-state index in [0.717, 1.165) is 16.7 Å². The third kappa shape index (κ3) is 5.00. The number of rotatable bonds is 7. The van der Waals surface area contributed by atoms with Crippen molar-refractivity contribution in [1.82, 2.24) is 4.98 Å². The molecular formula is C30H25FN2O5S. The van der Waals surface area contributed by atoms with Gasteiger partial charge in [0.2, 0.25) is 9.84 Å². The van der Waals surface area contributed by atoms with Crippen molar-refractivity contribution >= 4 is 39.1 Å². The summed E-state index contributed by atoms with van der Waals surface area (Å²) in [6, 6.07) is 17.9. The van der Waals surface area contributed by atoms with Crippen LogP contribution >= 0.6 is 0 Å². The van der Waals surface area contributed by atoms with Crippen LogP contribution in [0.4, 0.5) is 10.1 Å². The molecule has 1 amide bonds. The summed E-state index contributed by atoms with van der Waals surface area (Å²) in [5, 5.41) is 12.2. The lowest BCUT2D eigenvalue weighted by molar-refractivity contribution is -0.137. The number of fused-ring (bicyclic) bond motifs is 1. The number of carbonyl (C=O) groups excluding carboxylic acids is 1. The number of carboxylic acids is 1. The van der Waals surface area contributed by atoms with Gasteiger partial charge in [0.1, 0.15) is 5.82 Å². The number of amides is 1. The van der Waals surface area contributed by atoms with Crippen LogP contribution in [0.25, 0.3) is 22.8 Å². The Labute approximate surface area is 224 Å². The molecule has 0 atom stereocenters. The summed E-state index contributed by atoms with van der Waals surface area (Å²) < 4.78 is 40.6. The molecule has 0 radical (unpaired) electrons. The first-order valence-corrected chi connectivity index (χ1v) is 13.7. The number of anilines is 1. The largest absolute Gasteiger partial charge is 0.481 e. The quantitative estimate of drug-likeness (QED) is 0.255. The number of sulfone groups is 1. The van der Waals surface area contributed by atoms with Gasteiger partial charge in [-0.1, -0.05) is 42.0 Å². The van der Waals surface area contributed by atoms with E-state index in [1.807, 2.05) is 13.0 Å². The predicted molar refractivity (Wildman–Crippen MR) is 146 cm³/mol. The van der Waals surface area contributed by atoms with Gasteiger partial charge in [0, 0.05) is 29.1 Å². The van der Waals surface area contributed by atoms with Crippen molar-refractivity contribution in [2.75, 3.05) is 5.32 Å². The lowest BCUT2D eigenvalue weighted by Crippen LogP contribution is -2.08. The average molecular weight is 545 g/mol. The van der Waals surface area contributed by atoms with Crippen LogP contribution in [-0.4, -0.2) is 30.4 Å². The van der Waals surface area contributed by atoms with E-state index in [0.29, 0.717) is 33.8 Å². The van der Waals surface area contributed by atoms with E-state index < -0.39 is 15.8 Å². The third-order valence-corrected chi connectivity index (χ3v) is 8.70. The van der Waals surface area contributed by atoms with Crippen LogP contribution in [0.3, 0.4) is 0 Å². The van der Waals surface area contributed by atoms with Gasteiger partial charge in [-0.2, -0.15) is 0 Å². The van der Waals surface area contributed by atoms with Crippen LogP contribution in [0.5, 0.6) is 0 Å². The average Bonchev–Trinajstić information content (AvgIpc) is 3.38. The molecule has 0 saturated heterocycles. The number of H-pyrrole nitrogens is 1. The van der Waals surface area contributed by atoms with E-state index in [2.05, 4.69) is 10.3 Å². The fraction of sp³-hybridized carbons (Fsp3) is 0.133. The second-order valence-corrected chi connectivity index (χ2v) is 11.3. The van der Waals surface area contributed by atoms with Crippen LogP contribution in [0, 0.1) is 19.7 Å². The molecule has 198 valence electrons. The Morgan fingerprint density at radius 2 is 1.64 bits per heavy atom. The second kappa shape index (κ2) is 9.99. The molecule has 2 heterocycles. The highest BCUT2D eigenvalue weighted by Gasteiger charge is 2.30. The Balaban J connectivity index is 1.60. The molecule has 0 unspecified atom stereocenters. The third-order valence-electron chi connectivity index (χ3n) is 6.72. The van der Waals surface area contributed by atoms with E-state index in [1.54, 1.807) is 49.4 Å². The van der Waals surface area contributed by atoms with Crippen molar-refractivity contribution in [2.24, 2.45) is 0 Å². The fourth-order valence-electron chi connectivity index (χ4n) is 4.79. The molecule has 7 nitrogen and oxygen atoms in total. The summed E-state index contributed by atoms with van der Waals surface area (Å²) in [6.07, 6.45) is 1.24. The smallest absolute Gasteiger partial charge is 0.303 e. The maximum Gasteiger partial charge on any atom is 0.303 e. The minimum absolute atomic E-state index is 0.0183. The molecule has 3 N–H and O–H groups in total. The van der Waals surface area contributed by atoms with Crippen molar-refractivity contribution in [3.8, 4) is 11.1 Å². The van der Waals surface area contributed by atoms with Crippen molar-refractivity contribution in [3.63, 3.8) is 0 Å². The maximum absolute atomic E-state index is 13.6. The first kappa shape index (κ1) is 26.1. The van der Waals surface area contributed by atoms with Gasteiger partial charge in [-0.05, 0) is 73.4 Å². The minimum Gasteiger partial charge on any atom is -0.481 e. The number of hydrogen-bond acceptors (Lipinski definition) is 4. The summed E-state index contributed by atoms with van der Waals surface area (Å²) in [5.74, 6) is -1.79. The number of aromatic amines is 1. The van der Waals surface area contributed by atoms with Crippen LogP contribution in [0.15, 0.2) is 76.5 Å². The van der Waals surface area contributed by atoms with Crippen LogP contribution < -0.4 is 5.32 Å². The molecule has 0 aliphatic carbocycles. The number of carboxylic acid groups (broad SMARTS) is 1. The molecule has 4 aromatic rings. The number of aliphatic carboxylic acids is 1. The number of halogens is 1. The standard InChI is InChI=1S/C30H25FN2O5S/c1-17-3-10-22(11-4-17)39(37,38)29-18(2)32-27(24(29)13-14-28(34)35)16-25-23-12-7-20(15-26(23)33-30(25)36)19-5-8-21(31)9-6-19/h3-12,15-16,32H,13-14H2,1-2H3,(H,33,36)(H,34,35). The van der Waals surface area contributed by atoms with E-state index >= 15 is 0 Å². The molecule has 0 bridgehead atoms.